The van der Waals surface area contributed by atoms with E-state index in [0.717, 1.165) is 23.6 Å². The van der Waals surface area contributed by atoms with E-state index in [9.17, 15) is 13.9 Å². The molecule has 3 rings (SSSR count). The first kappa shape index (κ1) is 38.0. The quantitative estimate of drug-likeness (QED) is 0.141. The zero-order valence-corrected chi connectivity index (χ0v) is 26.2. The molecule has 226 valence electrons. The fourth-order valence-corrected chi connectivity index (χ4v) is 4.00. The lowest BCUT2D eigenvalue weighted by Crippen LogP contribution is -2.35. The number of carbonyl (C=O) groups is 1. The number of aromatic nitrogens is 1. The molecule has 1 aromatic heterocycles. The Kier molecular flexibility index (Phi) is 17.7. The van der Waals surface area contributed by atoms with Crippen molar-refractivity contribution in [2.75, 3.05) is 6.54 Å². The molecule has 5 N–H and O–H groups in total. The predicted octanol–water partition coefficient (Wildman–Crippen LogP) is 7.44. The van der Waals surface area contributed by atoms with Gasteiger partial charge in [0.05, 0.1) is 16.4 Å². The van der Waals surface area contributed by atoms with Gasteiger partial charge in [0.25, 0.3) is 0 Å². The van der Waals surface area contributed by atoms with Gasteiger partial charge < -0.3 is 16.6 Å². The number of hydrogen-bond donors (Lipinski definition) is 3. The Hall–Kier alpha value is -3.05. The van der Waals surface area contributed by atoms with Gasteiger partial charge in [-0.1, -0.05) is 103 Å². The normalized spacial score (nSPS) is 15.4. The van der Waals surface area contributed by atoms with E-state index in [0.29, 0.717) is 18.0 Å². The van der Waals surface area contributed by atoms with Crippen LogP contribution in [-0.2, 0) is 16.8 Å². The van der Waals surface area contributed by atoms with E-state index in [-0.39, 0.29) is 41.1 Å². The number of rotatable bonds is 6. The zero-order valence-electron chi connectivity index (χ0n) is 25.4. The number of pyridine rings is 1. The van der Waals surface area contributed by atoms with E-state index >= 15 is 0 Å². The lowest BCUT2D eigenvalue weighted by molar-refractivity contribution is -0.106. The molecule has 1 aromatic carbocycles. The van der Waals surface area contributed by atoms with Gasteiger partial charge in [-0.25, -0.2) is 13.8 Å². The average Bonchev–Trinajstić information content (AvgIpc) is 3.34. The van der Waals surface area contributed by atoms with E-state index in [1.165, 1.54) is 12.5 Å². The van der Waals surface area contributed by atoms with Gasteiger partial charge in [0, 0.05) is 24.1 Å². The topological polar surface area (TPSA) is 102 Å². The standard InChI is InChI=1S/C22H23ClF2N2O.C8H14.C2H6.CH3NO/c1-12(2)6-7-22(28,11-26)20-9-15-13(3)4-5-14(15)21(27-20)16-8-17(23)19(25)10-18(16)24;1-4-6-7-8(3)5-2;1-2;2-1-3/h8-10,12-13,28H,4-5,11,26H2,1-3H3;4,6-8H,1,5H2,2-3H3;1-2H3;1H,(H2,2,3)/b;7-6-;;. The third kappa shape index (κ3) is 11.4. The molecular formula is C33H46ClF2N3O2. The number of nitrogens with zero attached hydrogens (tertiary/aromatic N) is 1. The molecule has 2 aromatic rings. The van der Waals surface area contributed by atoms with E-state index < -0.39 is 17.2 Å². The predicted molar refractivity (Wildman–Crippen MR) is 167 cm³/mol. The minimum atomic E-state index is -1.66. The number of carbonyl (C=O) groups excluding carboxylic acids is 1. The molecule has 1 heterocycles. The molecule has 0 radical (unpaired) electrons. The molecule has 0 spiro atoms. The van der Waals surface area contributed by atoms with Crippen molar-refractivity contribution < 1.29 is 18.7 Å². The van der Waals surface area contributed by atoms with Crippen molar-refractivity contribution in [2.24, 2.45) is 23.3 Å². The number of fused-ring (bicyclic) bond motifs is 1. The van der Waals surface area contributed by atoms with Gasteiger partial charge in [-0.15, -0.1) is 0 Å². The van der Waals surface area contributed by atoms with Crippen LogP contribution in [0.2, 0.25) is 5.02 Å². The molecule has 0 saturated heterocycles. The highest BCUT2D eigenvalue weighted by atomic mass is 35.5. The molecule has 0 fully saturated rings. The second-order valence-electron chi connectivity index (χ2n) is 9.74. The summed E-state index contributed by atoms with van der Waals surface area (Å²) in [5.41, 5.74) is 10.9. The van der Waals surface area contributed by atoms with Crippen LogP contribution in [-0.4, -0.2) is 23.0 Å². The molecule has 41 heavy (non-hydrogen) atoms. The molecule has 0 bridgehead atoms. The first-order chi connectivity index (χ1) is 19.4. The lowest BCUT2D eigenvalue weighted by atomic mass is 9.92. The van der Waals surface area contributed by atoms with Gasteiger partial charge >= 0.3 is 0 Å². The van der Waals surface area contributed by atoms with Gasteiger partial charge in [0.15, 0.2) is 5.60 Å². The Balaban J connectivity index is 0.00000104. The average molecular weight is 590 g/mol. The molecule has 0 saturated carbocycles. The molecule has 8 heteroatoms. The van der Waals surface area contributed by atoms with Crippen LogP contribution in [0, 0.1) is 35.3 Å². The number of benzene rings is 1. The van der Waals surface area contributed by atoms with Crippen LogP contribution in [0.1, 0.15) is 84.0 Å². The van der Waals surface area contributed by atoms with E-state index in [1.807, 2.05) is 39.8 Å². The minimum absolute atomic E-state index is 0.0410. The molecule has 1 aliphatic rings. The van der Waals surface area contributed by atoms with Gasteiger partial charge in [-0.3, -0.25) is 4.79 Å². The third-order valence-corrected chi connectivity index (χ3v) is 6.58. The van der Waals surface area contributed by atoms with Crippen molar-refractivity contribution >= 4 is 18.0 Å². The molecule has 5 nitrogen and oxygen atoms in total. The van der Waals surface area contributed by atoms with E-state index in [4.69, 9.17) is 22.1 Å². The summed E-state index contributed by atoms with van der Waals surface area (Å²) in [7, 11) is 0. The van der Waals surface area contributed by atoms with Crippen molar-refractivity contribution in [1.29, 1.82) is 0 Å². The van der Waals surface area contributed by atoms with Crippen LogP contribution in [0.4, 0.5) is 8.78 Å². The second kappa shape index (κ2) is 19.1. The highest BCUT2D eigenvalue weighted by Gasteiger charge is 2.33. The first-order valence-electron chi connectivity index (χ1n) is 14.0. The van der Waals surface area contributed by atoms with E-state index in [2.05, 4.69) is 56.0 Å². The lowest BCUT2D eigenvalue weighted by Gasteiger charge is -2.23. The smallest absolute Gasteiger partial charge is 0.204 e. The monoisotopic (exact) mass is 589 g/mol. The van der Waals surface area contributed by atoms with Gasteiger partial charge in [-0.05, 0) is 47.9 Å². The maximum atomic E-state index is 14.6. The summed E-state index contributed by atoms with van der Waals surface area (Å²) in [6.07, 6.45) is 9.02. The fraction of sp³-hybridized carbons (Fsp3) is 0.455. The summed E-state index contributed by atoms with van der Waals surface area (Å²) in [6, 6.07) is 3.80. The summed E-state index contributed by atoms with van der Waals surface area (Å²) in [4.78, 5) is 13.1. The van der Waals surface area contributed by atoms with Crippen molar-refractivity contribution in [3.8, 4) is 23.1 Å². The Labute approximate surface area is 250 Å². The minimum Gasteiger partial charge on any atom is -0.372 e. The summed E-state index contributed by atoms with van der Waals surface area (Å²) in [6.45, 7) is 17.7. The fourth-order valence-electron chi connectivity index (χ4n) is 3.84. The van der Waals surface area contributed by atoms with Crippen molar-refractivity contribution in [1.82, 2.24) is 4.98 Å². The highest BCUT2D eigenvalue weighted by Crippen LogP contribution is 2.41. The Bertz CT molecular complexity index is 1220. The van der Waals surface area contributed by atoms with Crippen molar-refractivity contribution in [3.63, 3.8) is 0 Å². The third-order valence-electron chi connectivity index (χ3n) is 6.29. The number of amides is 1. The zero-order chi connectivity index (χ0) is 31.8. The number of nitrogens with two attached hydrogens (primary N) is 2. The number of halogens is 3. The number of hydrogen-bond acceptors (Lipinski definition) is 4. The molecule has 0 aliphatic heterocycles. The molecule has 1 aliphatic carbocycles. The molecule has 3 unspecified atom stereocenters. The largest absolute Gasteiger partial charge is 0.372 e. The first-order valence-corrected chi connectivity index (χ1v) is 14.4. The van der Waals surface area contributed by atoms with E-state index in [1.54, 1.807) is 6.07 Å². The number of primary amides is 1. The second-order valence-corrected chi connectivity index (χ2v) is 10.1. The Morgan fingerprint density at radius 2 is 1.85 bits per heavy atom. The molecule has 3 atom stereocenters. The summed E-state index contributed by atoms with van der Waals surface area (Å²) < 4.78 is 28.2. The van der Waals surface area contributed by atoms with Gasteiger partial charge in [-0.2, -0.15) is 0 Å². The number of aliphatic hydroxyl groups is 1. The summed E-state index contributed by atoms with van der Waals surface area (Å²) in [5.74, 6) is 5.14. The summed E-state index contributed by atoms with van der Waals surface area (Å²) >= 11 is 5.90. The summed E-state index contributed by atoms with van der Waals surface area (Å²) in [5, 5.41) is 10.9. The maximum Gasteiger partial charge on any atom is 0.204 e. The Morgan fingerprint density at radius 3 is 2.37 bits per heavy atom. The van der Waals surface area contributed by atoms with Crippen LogP contribution >= 0.6 is 11.6 Å². The van der Waals surface area contributed by atoms with Gasteiger partial charge in [0.1, 0.15) is 11.6 Å². The van der Waals surface area contributed by atoms with Crippen LogP contribution < -0.4 is 11.5 Å². The van der Waals surface area contributed by atoms with Gasteiger partial charge in [0.2, 0.25) is 6.41 Å². The van der Waals surface area contributed by atoms with Crippen molar-refractivity contribution in [2.45, 2.75) is 79.2 Å². The Morgan fingerprint density at radius 1 is 1.24 bits per heavy atom. The van der Waals surface area contributed by atoms with Crippen LogP contribution in [0.5, 0.6) is 0 Å². The molecule has 1 amide bonds. The van der Waals surface area contributed by atoms with Crippen LogP contribution in [0.15, 0.2) is 43.0 Å². The maximum absolute atomic E-state index is 14.6. The molecular weight excluding hydrogens is 544 g/mol. The highest BCUT2D eigenvalue weighted by molar-refractivity contribution is 6.31. The number of allylic oxidation sites excluding steroid dienone is 3. The van der Waals surface area contributed by atoms with Crippen LogP contribution in [0.3, 0.4) is 0 Å². The van der Waals surface area contributed by atoms with Crippen molar-refractivity contribution in [3.05, 3.63) is 76.5 Å². The SMILES string of the molecule is C=C/C=C\C(C)CC.CC.CC(C)C#CC(O)(CN)c1cc2c(c(-c3cc(Cl)c(F)cc3F)n1)CCC2C.NC=O. The van der Waals surface area contributed by atoms with Crippen LogP contribution in [0.25, 0.3) is 11.3 Å².